The van der Waals surface area contributed by atoms with Crippen molar-refractivity contribution in [2.24, 2.45) is 0 Å². The minimum atomic E-state index is -0.452. The number of benzene rings is 1. The molecule has 2 heterocycles. The molecule has 2 aromatic rings. The maximum absolute atomic E-state index is 12.3. The molecule has 1 fully saturated rings. The zero-order valence-corrected chi connectivity index (χ0v) is 13.7. The van der Waals surface area contributed by atoms with Crippen molar-refractivity contribution < 1.29 is 14.3 Å². The predicted octanol–water partition coefficient (Wildman–Crippen LogP) is 1.97. The van der Waals surface area contributed by atoms with Crippen molar-refractivity contribution in [2.45, 2.75) is 12.5 Å². The summed E-state index contributed by atoms with van der Waals surface area (Å²) in [5, 5.41) is 4.10. The molecule has 1 aliphatic heterocycles. The highest BCUT2D eigenvalue weighted by molar-refractivity contribution is 7.99. The number of carbonyl (C=O) groups excluding carboxylic acids is 2. The molecule has 0 bridgehead atoms. The number of carbonyl (C=O) groups is 2. The lowest BCUT2D eigenvalue weighted by molar-refractivity contribution is -0.124. The van der Waals surface area contributed by atoms with E-state index in [0.29, 0.717) is 18.2 Å². The van der Waals surface area contributed by atoms with Gasteiger partial charge in [0.1, 0.15) is 6.04 Å². The molecule has 6 nitrogen and oxygen atoms in total. The van der Waals surface area contributed by atoms with Crippen LogP contribution >= 0.6 is 11.8 Å². The third-order valence-electron chi connectivity index (χ3n) is 3.96. The molecule has 7 heteroatoms. The number of hydrogen-bond donors (Lipinski definition) is 2. The molecule has 2 amide bonds. The van der Waals surface area contributed by atoms with Gasteiger partial charge in [-0.1, -0.05) is 18.2 Å². The number of hydrogen-bond acceptors (Lipinski definition) is 4. The summed E-state index contributed by atoms with van der Waals surface area (Å²) in [6.45, 7) is 0.539. The quantitative estimate of drug-likeness (QED) is 0.897. The zero-order valence-electron chi connectivity index (χ0n) is 12.9. The lowest BCUT2D eigenvalue weighted by Crippen LogP contribution is -2.47. The minimum Gasteiger partial charge on any atom is -0.453 e. The van der Waals surface area contributed by atoms with Crippen molar-refractivity contribution in [1.82, 2.24) is 15.2 Å². The summed E-state index contributed by atoms with van der Waals surface area (Å²) in [5.41, 5.74) is 2.27. The first-order valence-electron chi connectivity index (χ1n) is 7.45. The molecule has 1 aromatic heterocycles. The second-order valence-electron chi connectivity index (χ2n) is 5.36. The average Bonchev–Trinajstić information content (AvgIpc) is 3.21. The van der Waals surface area contributed by atoms with Crippen molar-refractivity contribution in [2.75, 3.05) is 25.3 Å². The number of fused-ring (bicyclic) bond motifs is 1. The van der Waals surface area contributed by atoms with Crippen LogP contribution in [-0.4, -0.2) is 53.2 Å². The van der Waals surface area contributed by atoms with Gasteiger partial charge in [-0.25, -0.2) is 4.79 Å². The number of thioether (sulfide) groups is 1. The van der Waals surface area contributed by atoms with E-state index in [1.807, 2.05) is 24.4 Å². The molecule has 2 N–H and O–H groups in total. The average molecular weight is 333 g/mol. The first-order valence-corrected chi connectivity index (χ1v) is 8.61. The van der Waals surface area contributed by atoms with Gasteiger partial charge < -0.3 is 15.0 Å². The molecule has 1 aliphatic rings. The van der Waals surface area contributed by atoms with Crippen LogP contribution in [0.5, 0.6) is 0 Å². The van der Waals surface area contributed by atoms with Gasteiger partial charge >= 0.3 is 6.09 Å². The molecule has 23 heavy (non-hydrogen) atoms. The minimum absolute atomic E-state index is 0.125. The van der Waals surface area contributed by atoms with E-state index in [1.54, 1.807) is 11.8 Å². The Bertz CT molecular complexity index is 715. The fraction of sp³-hybridized carbons (Fsp3) is 0.375. The molecule has 1 saturated heterocycles. The molecule has 0 radical (unpaired) electrons. The Morgan fingerprint density at radius 3 is 3.09 bits per heavy atom. The van der Waals surface area contributed by atoms with Crippen LogP contribution in [-0.2, 0) is 16.0 Å². The van der Waals surface area contributed by atoms with Crippen molar-refractivity contribution in [3.8, 4) is 0 Å². The van der Waals surface area contributed by atoms with Gasteiger partial charge in [-0.05, 0) is 18.1 Å². The Hall–Kier alpha value is -2.15. The van der Waals surface area contributed by atoms with Crippen LogP contribution in [0.2, 0.25) is 0 Å². The number of nitrogens with zero attached hydrogens (tertiary/aromatic N) is 1. The number of H-pyrrole nitrogens is 1. The van der Waals surface area contributed by atoms with Crippen LogP contribution in [0.15, 0.2) is 30.5 Å². The summed E-state index contributed by atoms with van der Waals surface area (Å²) < 4.78 is 4.72. The third kappa shape index (κ3) is 3.29. The highest BCUT2D eigenvalue weighted by Gasteiger charge is 2.35. The van der Waals surface area contributed by atoms with Crippen LogP contribution in [0.3, 0.4) is 0 Å². The summed E-state index contributed by atoms with van der Waals surface area (Å²) in [5.74, 6) is 0.974. The lowest BCUT2D eigenvalue weighted by atomic mass is 10.1. The summed E-state index contributed by atoms with van der Waals surface area (Å²) in [7, 11) is 1.33. The largest absolute Gasteiger partial charge is 0.453 e. The topological polar surface area (TPSA) is 74.4 Å². The smallest absolute Gasteiger partial charge is 0.410 e. The van der Waals surface area contributed by atoms with E-state index in [1.165, 1.54) is 23.0 Å². The number of para-hydroxylation sites is 1. The van der Waals surface area contributed by atoms with Gasteiger partial charge in [-0.15, -0.1) is 11.8 Å². The summed E-state index contributed by atoms with van der Waals surface area (Å²) in [6, 6.07) is 7.64. The van der Waals surface area contributed by atoms with Gasteiger partial charge in [-0.2, -0.15) is 0 Å². The number of amides is 2. The second kappa shape index (κ2) is 6.95. The molecule has 0 unspecified atom stereocenters. The Kier molecular flexibility index (Phi) is 4.76. The Labute approximate surface area is 138 Å². The van der Waals surface area contributed by atoms with Gasteiger partial charge in [0.25, 0.3) is 0 Å². The summed E-state index contributed by atoms with van der Waals surface area (Å²) in [6.07, 6.45) is 2.27. The Morgan fingerprint density at radius 2 is 2.26 bits per heavy atom. The molecule has 0 aliphatic carbocycles. The number of aromatic amines is 1. The van der Waals surface area contributed by atoms with E-state index >= 15 is 0 Å². The molecule has 0 saturated carbocycles. The number of rotatable bonds is 4. The van der Waals surface area contributed by atoms with Crippen LogP contribution in [0.25, 0.3) is 10.9 Å². The summed E-state index contributed by atoms with van der Waals surface area (Å²) >= 11 is 1.55. The van der Waals surface area contributed by atoms with Crippen molar-refractivity contribution in [1.29, 1.82) is 0 Å². The number of nitrogens with one attached hydrogen (secondary N) is 2. The summed E-state index contributed by atoms with van der Waals surface area (Å²) in [4.78, 5) is 28.6. The number of methoxy groups -OCH3 is 1. The van der Waals surface area contributed by atoms with Gasteiger partial charge in [0, 0.05) is 29.4 Å². The van der Waals surface area contributed by atoms with E-state index in [-0.39, 0.29) is 5.91 Å². The Balaban J connectivity index is 1.56. The van der Waals surface area contributed by atoms with Gasteiger partial charge in [0.15, 0.2) is 0 Å². The SMILES string of the molecule is COC(=O)N1CSC[C@H]1C(=O)NCCc1c[nH]c2ccccc12. The molecule has 1 aromatic carbocycles. The predicted molar refractivity (Wildman–Crippen MR) is 90.4 cm³/mol. The van der Waals surface area contributed by atoms with Crippen LogP contribution in [0.4, 0.5) is 4.79 Å². The first-order chi connectivity index (χ1) is 11.2. The third-order valence-corrected chi connectivity index (χ3v) is 4.97. The maximum atomic E-state index is 12.3. The molecular weight excluding hydrogens is 314 g/mol. The highest BCUT2D eigenvalue weighted by atomic mass is 32.2. The maximum Gasteiger partial charge on any atom is 0.410 e. The fourth-order valence-corrected chi connectivity index (χ4v) is 3.88. The standard InChI is InChI=1S/C16H19N3O3S/c1-22-16(21)19-10-23-9-14(19)15(20)17-7-6-11-8-18-13-5-3-2-4-12(11)13/h2-5,8,14,18H,6-7,9-10H2,1H3,(H,17,20)/t14-/m0/s1. The number of aromatic nitrogens is 1. The Morgan fingerprint density at radius 1 is 1.43 bits per heavy atom. The van der Waals surface area contributed by atoms with Gasteiger partial charge in [0.2, 0.25) is 5.91 Å². The van der Waals surface area contributed by atoms with Gasteiger partial charge in [0.05, 0.1) is 13.0 Å². The van der Waals surface area contributed by atoms with E-state index in [0.717, 1.165) is 11.9 Å². The molecule has 0 spiro atoms. The van der Waals surface area contributed by atoms with E-state index in [9.17, 15) is 9.59 Å². The van der Waals surface area contributed by atoms with Crippen LogP contribution in [0.1, 0.15) is 5.56 Å². The van der Waals surface area contributed by atoms with Crippen LogP contribution < -0.4 is 5.32 Å². The van der Waals surface area contributed by atoms with E-state index in [4.69, 9.17) is 4.74 Å². The van der Waals surface area contributed by atoms with Crippen LogP contribution in [0, 0.1) is 0 Å². The first kappa shape index (κ1) is 15.7. The lowest BCUT2D eigenvalue weighted by Gasteiger charge is -2.21. The normalized spacial score (nSPS) is 17.4. The van der Waals surface area contributed by atoms with Crippen molar-refractivity contribution >= 4 is 34.7 Å². The zero-order chi connectivity index (χ0) is 16.2. The second-order valence-corrected chi connectivity index (χ2v) is 6.36. The van der Waals surface area contributed by atoms with E-state index in [2.05, 4.69) is 16.4 Å². The molecule has 122 valence electrons. The molecule has 1 atom stereocenters. The highest BCUT2D eigenvalue weighted by Crippen LogP contribution is 2.22. The van der Waals surface area contributed by atoms with Crippen molar-refractivity contribution in [3.63, 3.8) is 0 Å². The number of ether oxygens (including phenoxy) is 1. The fourth-order valence-electron chi connectivity index (χ4n) is 2.73. The van der Waals surface area contributed by atoms with Crippen molar-refractivity contribution in [3.05, 3.63) is 36.0 Å². The molecule has 3 rings (SSSR count). The van der Waals surface area contributed by atoms with E-state index < -0.39 is 12.1 Å². The monoisotopic (exact) mass is 333 g/mol. The molecular formula is C16H19N3O3S. The van der Waals surface area contributed by atoms with Gasteiger partial charge in [-0.3, -0.25) is 9.69 Å².